The van der Waals surface area contributed by atoms with Gasteiger partial charge < -0.3 is 24.6 Å². The van der Waals surface area contributed by atoms with E-state index in [9.17, 15) is 14.7 Å². The van der Waals surface area contributed by atoms with Crippen molar-refractivity contribution in [3.8, 4) is 17.2 Å². The number of fused-ring (bicyclic) bond motifs is 1. The molecule has 2 aromatic carbocycles. The highest BCUT2D eigenvalue weighted by Crippen LogP contribution is 2.39. The predicted octanol–water partition coefficient (Wildman–Crippen LogP) is 2.36. The molecule has 148 valence electrons. The van der Waals surface area contributed by atoms with Crippen LogP contribution < -0.4 is 24.4 Å². The molecule has 0 fully saturated rings. The summed E-state index contributed by atoms with van der Waals surface area (Å²) in [4.78, 5) is 26.7. The second-order valence-electron chi connectivity index (χ2n) is 6.31. The number of carbonyl (C=O) groups excluding carboxylic acids is 2. The van der Waals surface area contributed by atoms with Gasteiger partial charge in [0.2, 0.25) is 11.7 Å². The van der Waals surface area contributed by atoms with Gasteiger partial charge >= 0.3 is 0 Å². The summed E-state index contributed by atoms with van der Waals surface area (Å²) < 4.78 is 15.9. The first kappa shape index (κ1) is 19.5. The van der Waals surface area contributed by atoms with E-state index >= 15 is 0 Å². The normalized spacial score (nSPS) is 14.0. The van der Waals surface area contributed by atoms with Crippen LogP contribution in [0.4, 0.5) is 11.4 Å². The molecule has 1 unspecified atom stereocenters. The molecule has 0 saturated heterocycles. The minimum atomic E-state index is -0.691. The Kier molecular flexibility index (Phi) is 5.41. The van der Waals surface area contributed by atoms with Crippen LogP contribution in [0.3, 0.4) is 0 Å². The van der Waals surface area contributed by atoms with Crippen molar-refractivity contribution < 1.29 is 28.9 Å². The summed E-state index contributed by atoms with van der Waals surface area (Å²) in [6, 6.07) is 8.16. The van der Waals surface area contributed by atoms with E-state index < -0.39 is 6.10 Å². The fraction of sp³-hybridized carbons (Fsp3) is 0.300. The molecule has 1 heterocycles. The Morgan fingerprint density at radius 1 is 1.11 bits per heavy atom. The van der Waals surface area contributed by atoms with E-state index in [1.807, 2.05) is 0 Å². The average molecular weight is 386 g/mol. The lowest BCUT2D eigenvalue weighted by Gasteiger charge is -2.30. The lowest BCUT2D eigenvalue weighted by atomic mass is 10.1. The fourth-order valence-corrected chi connectivity index (χ4v) is 3.11. The predicted molar refractivity (Wildman–Crippen MR) is 103 cm³/mol. The second kappa shape index (κ2) is 7.77. The van der Waals surface area contributed by atoms with Gasteiger partial charge in [-0.25, -0.2) is 0 Å². The summed E-state index contributed by atoms with van der Waals surface area (Å²) in [5.74, 6) is 0.351. The SMILES string of the molecule is COc1cc(C(=O)N2CC(=O)Nc3cc(C(C)O)ccc32)cc(OC)c1OC. The van der Waals surface area contributed by atoms with Gasteiger partial charge in [-0.1, -0.05) is 6.07 Å². The van der Waals surface area contributed by atoms with Crippen molar-refractivity contribution >= 4 is 23.2 Å². The van der Waals surface area contributed by atoms with Gasteiger partial charge in [0.05, 0.1) is 38.8 Å². The number of nitrogens with one attached hydrogen (secondary N) is 1. The van der Waals surface area contributed by atoms with Gasteiger partial charge in [-0.05, 0) is 36.8 Å². The number of carbonyl (C=O) groups is 2. The monoisotopic (exact) mass is 386 g/mol. The smallest absolute Gasteiger partial charge is 0.259 e. The number of rotatable bonds is 5. The summed E-state index contributed by atoms with van der Waals surface area (Å²) in [5.41, 5.74) is 1.94. The van der Waals surface area contributed by atoms with E-state index in [1.54, 1.807) is 37.3 Å². The van der Waals surface area contributed by atoms with Gasteiger partial charge in [0.15, 0.2) is 11.5 Å². The number of benzene rings is 2. The summed E-state index contributed by atoms with van der Waals surface area (Å²) in [7, 11) is 4.41. The molecule has 2 aromatic rings. The van der Waals surface area contributed by atoms with Gasteiger partial charge in [0.25, 0.3) is 5.91 Å². The zero-order chi connectivity index (χ0) is 20.4. The van der Waals surface area contributed by atoms with Crippen LogP contribution in [0.5, 0.6) is 17.2 Å². The highest BCUT2D eigenvalue weighted by Gasteiger charge is 2.29. The molecule has 0 aliphatic carbocycles. The molecule has 8 heteroatoms. The van der Waals surface area contributed by atoms with Gasteiger partial charge in [-0.15, -0.1) is 0 Å². The van der Waals surface area contributed by atoms with Crippen molar-refractivity contribution in [1.29, 1.82) is 0 Å². The van der Waals surface area contributed by atoms with Crippen LogP contribution in [0.25, 0.3) is 0 Å². The number of anilines is 2. The molecule has 28 heavy (non-hydrogen) atoms. The summed E-state index contributed by atoms with van der Waals surface area (Å²) in [6.07, 6.45) is -0.691. The van der Waals surface area contributed by atoms with Gasteiger partial charge in [0, 0.05) is 5.56 Å². The molecule has 1 aliphatic rings. The Morgan fingerprint density at radius 3 is 2.29 bits per heavy atom. The van der Waals surface area contributed by atoms with E-state index in [0.29, 0.717) is 34.2 Å². The van der Waals surface area contributed by atoms with Crippen molar-refractivity contribution in [1.82, 2.24) is 0 Å². The Hall–Kier alpha value is -3.26. The number of aliphatic hydroxyl groups is 1. The number of hydrogen-bond donors (Lipinski definition) is 2. The van der Waals surface area contributed by atoms with Crippen LogP contribution in [-0.4, -0.2) is 44.8 Å². The van der Waals surface area contributed by atoms with Crippen LogP contribution in [0.15, 0.2) is 30.3 Å². The van der Waals surface area contributed by atoms with Crippen LogP contribution in [0.2, 0.25) is 0 Å². The maximum absolute atomic E-state index is 13.2. The lowest BCUT2D eigenvalue weighted by molar-refractivity contribution is -0.115. The zero-order valence-corrected chi connectivity index (χ0v) is 16.1. The fourth-order valence-electron chi connectivity index (χ4n) is 3.11. The van der Waals surface area contributed by atoms with Crippen LogP contribution in [0, 0.1) is 0 Å². The highest BCUT2D eigenvalue weighted by atomic mass is 16.5. The third-order valence-corrected chi connectivity index (χ3v) is 4.53. The summed E-state index contributed by atoms with van der Waals surface area (Å²) in [5, 5.41) is 12.5. The van der Waals surface area contributed by atoms with Crippen LogP contribution >= 0.6 is 0 Å². The number of aliphatic hydroxyl groups excluding tert-OH is 1. The van der Waals surface area contributed by atoms with Gasteiger partial charge in [-0.3, -0.25) is 14.5 Å². The Morgan fingerprint density at radius 2 is 1.75 bits per heavy atom. The number of methoxy groups -OCH3 is 3. The number of ether oxygens (including phenoxy) is 3. The Bertz CT molecular complexity index is 900. The molecule has 0 spiro atoms. The Labute approximate surface area is 162 Å². The first-order chi connectivity index (χ1) is 13.4. The molecule has 3 rings (SSSR count). The van der Waals surface area contributed by atoms with E-state index in [4.69, 9.17) is 14.2 Å². The number of amides is 2. The van der Waals surface area contributed by atoms with E-state index in [-0.39, 0.29) is 23.9 Å². The molecule has 8 nitrogen and oxygen atoms in total. The molecular formula is C20H22N2O6. The van der Waals surface area contributed by atoms with Gasteiger partial charge in [0.1, 0.15) is 6.54 Å². The second-order valence-corrected chi connectivity index (χ2v) is 6.31. The minimum Gasteiger partial charge on any atom is -0.493 e. The summed E-state index contributed by atoms with van der Waals surface area (Å²) >= 11 is 0. The van der Waals surface area contributed by atoms with E-state index in [0.717, 1.165) is 0 Å². The molecular weight excluding hydrogens is 364 g/mol. The largest absolute Gasteiger partial charge is 0.493 e. The third kappa shape index (κ3) is 3.46. The number of hydrogen-bond acceptors (Lipinski definition) is 6. The molecule has 0 aromatic heterocycles. The van der Waals surface area contributed by atoms with Crippen molar-refractivity contribution in [3.63, 3.8) is 0 Å². The maximum Gasteiger partial charge on any atom is 0.259 e. The lowest BCUT2D eigenvalue weighted by Crippen LogP contribution is -2.42. The minimum absolute atomic E-state index is 0.128. The quantitative estimate of drug-likeness (QED) is 0.819. The first-order valence-electron chi connectivity index (χ1n) is 8.63. The van der Waals surface area contributed by atoms with Crippen molar-refractivity contribution in [2.45, 2.75) is 13.0 Å². The average Bonchev–Trinajstić information content (AvgIpc) is 2.70. The standard InChI is InChI=1S/C20H22N2O6/c1-11(23)12-5-6-15-14(7-12)21-18(24)10-22(15)20(25)13-8-16(26-2)19(28-4)17(9-13)27-3/h5-9,11,23H,10H2,1-4H3,(H,21,24). The number of nitrogens with zero attached hydrogens (tertiary/aromatic N) is 1. The third-order valence-electron chi connectivity index (χ3n) is 4.53. The molecule has 1 atom stereocenters. The van der Waals surface area contributed by atoms with Crippen LogP contribution in [-0.2, 0) is 4.79 Å². The van der Waals surface area contributed by atoms with E-state index in [1.165, 1.54) is 26.2 Å². The topological polar surface area (TPSA) is 97.3 Å². The zero-order valence-electron chi connectivity index (χ0n) is 16.1. The van der Waals surface area contributed by atoms with Crippen molar-refractivity contribution in [3.05, 3.63) is 41.5 Å². The van der Waals surface area contributed by atoms with E-state index in [2.05, 4.69) is 5.32 Å². The Balaban J connectivity index is 2.05. The molecule has 2 N–H and O–H groups in total. The van der Waals surface area contributed by atoms with Crippen molar-refractivity contribution in [2.75, 3.05) is 38.1 Å². The van der Waals surface area contributed by atoms with Gasteiger partial charge in [-0.2, -0.15) is 0 Å². The first-order valence-corrected chi connectivity index (χ1v) is 8.63. The molecule has 2 amide bonds. The molecule has 0 saturated carbocycles. The molecule has 0 radical (unpaired) electrons. The molecule has 1 aliphatic heterocycles. The maximum atomic E-state index is 13.2. The summed E-state index contributed by atoms with van der Waals surface area (Å²) in [6.45, 7) is 1.50. The highest BCUT2D eigenvalue weighted by molar-refractivity contribution is 6.15. The van der Waals surface area contributed by atoms with Crippen LogP contribution in [0.1, 0.15) is 28.9 Å². The molecule has 0 bridgehead atoms. The van der Waals surface area contributed by atoms with Crippen molar-refractivity contribution in [2.24, 2.45) is 0 Å².